The van der Waals surface area contributed by atoms with Crippen molar-refractivity contribution in [3.8, 4) is 0 Å². The Morgan fingerprint density at radius 1 is 1.44 bits per heavy atom. The van der Waals surface area contributed by atoms with Crippen LogP contribution in [0, 0.1) is 5.92 Å². The molecule has 2 N–H and O–H groups in total. The monoisotopic (exact) mass is 222 g/mol. The second-order valence-electron chi connectivity index (χ2n) is 4.23. The zero-order chi connectivity index (χ0) is 12.0. The van der Waals surface area contributed by atoms with Crippen LogP contribution in [0.1, 0.15) is 37.0 Å². The van der Waals surface area contributed by atoms with Crippen LogP contribution in [-0.4, -0.2) is 17.4 Å². The fourth-order valence-corrected chi connectivity index (χ4v) is 1.37. The van der Waals surface area contributed by atoms with Gasteiger partial charge in [-0.15, -0.1) is 0 Å². The molecule has 0 atom stereocenters. The van der Waals surface area contributed by atoms with E-state index < -0.39 is 0 Å². The number of hydrogen-bond donors (Lipinski definition) is 2. The topological polar surface area (TPSA) is 62.0 Å². The van der Waals surface area contributed by atoms with E-state index in [9.17, 15) is 9.59 Å². The predicted molar refractivity (Wildman–Crippen MR) is 63.5 cm³/mol. The highest BCUT2D eigenvalue weighted by atomic mass is 16.1. The molecule has 0 aromatic carbocycles. The van der Waals surface area contributed by atoms with E-state index in [-0.39, 0.29) is 11.5 Å². The number of rotatable bonds is 5. The first-order valence-corrected chi connectivity index (χ1v) is 5.56. The second kappa shape index (κ2) is 6.10. The van der Waals surface area contributed by atoms with Gasteiger partial charge < -0.3 is 10.3 Å². The van der Waals surface area contributed by atoms with E-state index in [4.69, 9.17) is 0 Å². The third-order valence-corrected chi connectivity index (χ3v) is 2.29. The normalized spacial score (nSPS) is 10.4. The number of H-pyrrole nitrogens is 1. The van der Waals surface area contributed by atoms with Crippen molar-refractivity contribution in [1.29, 1.82) is 0 Å². The first-order chi connectivity index (χ1) is 7.59. The van der Waals surface area contributed by atoms with Crippen LogP contribution in [0.2, 0.25) is 0 Å². The zero-order valence-electron chi connectivity index (χ0n) is 9.75. The van der Waals surface area contributed by atoms with E-state index in [0.29, 0.717) is 18.0 Å². The molecule has 0 aliphatic heterocycles. The highest BCUT2D eigenvalue weighted by molar-refractivity contribution is 5.93. The average Bonchev–Trinajstić information content (AvgIpc) is 2.25. The van der Waals surface area contributed by atoms with Gasteiger partial charge in [-0.3, -0.25) is 9.59 Å². The van der Waals surface area contributed by atoms with Crippen LogP contribution in [0.15, 0.2) is 23.1 Å². The molecule has 0 saturated heterocycles. The number of hydrogen-bond acceptors (Lipinski definition) is 2. The summed E-state index contributed by atoms with van der Waals surface area (Å²) in [6, 6.07) is 2.87. The smallest absolute Gasteiger partial charge is 0.252 e. The fraction of sp³-hybridized carbons (Fsp3) is 0.500. The molecule has 1 heterocycles. The predicted octanol–water partition coefficient (Wildman–Crippen LogP) is 1.54. The van der Waals surface area contributed by atoms with Gasteiger partial charge in [0.25, 0.3) is 5.91 Å². The molecule has 4 heteroatoms. The third kappa shape index (κ3) is 4.29. The molecule has 1 rings (SSSR count). The standard InChI is InChI=1S/C12H18N2O2/c1-9(2)4-3-7-13-12(16)10-5-6-11(15)14-8-10/h5-6,8-9H,3-4,7H2,1-2H3,(H,13,16)(H,14,15). The SMILES string of the molecule is CC(C)CCCNC(=O)c1ccc(=O)[nH]c1. The number of aromatic nitrogens is 1. The lowest BCUT2D eigenvalue weighted by atomic mass is 10.1. The van der Waals surface area contributed by atoms with Crippen molar-refractivity contribution < 1.29 is 4.79 Å². The number of carbonyl (C=O) groups excluding carboxylic acids is 1. The maximum absolute atomic E-state index is 11.6. The Kier molecular flexibility index (Phi) is 4.76. The van der Waals surface area contributed by atoms with E-state index in [1.807, 2.05) is 0 Å². The van der Waals surface area contributed by atoms with Crippen LogP contribution in [0.3, 0.4) is 0 Å². The van der Waals surface area contributed by atoms with Crippen LogP contribution >= 0.6 is 0 Å². The van der Waals surface area contributed by atoms with Gasteiger partial charge in [-0.1, -0.05) is 13.8 Å². The van der Waals surface area contributed by atoms with Gasteiger partial charge in [0.05, 0.1) is 5.56 Å². The summed E-state index contributed by atoms with van der Waals surface area (Å²) in [4.78, 5) is 24.8. The summed E-state index contributed by atoms with van der Waals surface area (Å²) in [6.45, 7) is 4.99. The lowest BCUT2D eigenvalue weighted by molar-refractivity contribution is 0.0952. The average molecular weight is 222 g/mol. The Morgan fingerprint density at radius 3 is 2.75 bits per heavy atom. The van der Waals surface area contributed by atoms with Crippen molar-refractivity contribution in [2.75, 3.05) is 6.54 Å². The summed E-state index contributed by atoms with van der Waals surface area (Å²) in [7, 11) is 0. The van der Waals surface area contributed by atoms with Crippen molar-refractivity contribution in [2.45, 2.75) is 26.7 Å². The van der Waals surface area contributed by atoms with Crippen LogP contribution in [-0.2, 0) is 0 Å². The minimum absolute atomic E-state index is 0.139. The quantitative estimate of drug-likeness (QED) is 0.742. The Balaban J connectivity index is 2.35. The molecule has 4 nitrogen and oxygen atoms in total. The van der Waals surface area contributed by atoms with Gasteiger partial charge in [0, 0.05) is 18.8 Å². The largest absolute Gasteiger partial charge is 0.352 e. The number of aromatic amines is 1. The van der Waals surface area contributed by atoms with Gasteiger partial charge in [-0.25, -0.2) is 0 Å². The zero-order valence-corrected chi connectivity index (χ0v) is 9.75. The molecule has 0 unspecified atom stereocenters. The van der Waals surface area contributed by atoms with E-state index in [2.05, 4.69) is 24.1 Å². The van der Waals surface area contributed by atoms with Gasteiger partial charge in [-0.05, 0) is 24.8 Å². The summed E-state index contributed by atoms with van der Waals surface area (Å²) in [6.07, 6.45) is 3.51. The minimum Gasteiger partial charge on any atom is -0.352 e. The Bertz CT molecular complexity index is 376. The molecule has 0 aliphatic carbocycles. The van der Waals surface area contributed by atoms with Crippen LogP contribution in [0.4, 0.5) is 0 Å². The highest BCUT2D eigenvalue weighted by Gasteiger charge is 2.04. The van der Waals surface area contributed by atoms with Crippen molar-refractivity contribution in [2.24, 2.45) is 5.92 Å². The molecule has 0 fully saturated rings. The molecule has 0 bridgehead atoms. The van der Waals surface area contributed by atoms with Crippen molar-refractivity contribution in [3.63, 3.8) is 0 Å². The molecular formula is C12H18N2O2. The number of carbonyl (C=O) groups is 1. The fourth-order valence-electron chi connectivity index (χ4n) is 1.37. The molecular weight excluding hydrogens is 204 g/mol. The van der Waals surface area contributed by atoms with Gasteiger partial charge in [0.2, 0.25) is 5.56 Å². The lowest BCUT2D eigenvalue weighted by Crippen LogP contribution is -2.25. The van der Waals surface area contributed by atoms with Gasteiger partial charge in [0.1, 0.15) is 0 Å². The number of nitrogens with one attached hydrogen (secondary N) is 2. The van der Waals surface area contributed by atoms with Crippen LogP contribution < -0.4 is 10.9 Å². The number of amides is 1. The Labute approximate surface area is 95.1 Å². The molecule has 1 aromatic heterocycles. The summed E-state index contributed by atoms with van der Waals surface area (Å²) < 4.78 is 0. The van der Waals surface area contributed by atoms with Crippen molar-refractivity contribution in [1.82, 2.24) is 10.3 Å². The summed E-state index contributed by atoms with van der Waals surface area (Å²) in [5.74, 6) is 0.519. The maximum atomic E-state index is 11.6. The Hall–Kier alpha value is -1.58. The molecule has 0 spiro atoms. The molecule has 1 amide bonds. The molecule has 88 valence electrons. The van der Waals surface area contributed by atoms with Gasteiger partial charge in [-0.2, -0.15) is 0 Å². The molecule has 0 radical (unpaired) electrons. The second-order valence-corrected chi connectivity index (χ2v) is 4.23. The molecule has 16 heavy (non-hydrogen) atoms. The molecule has 0 aliphatic rings. The minimum atomic E-state index is -0.198. The van der Waals surface area contributed by atoms with Crippen LogP contribution in [0.25, 0.3) is 0 Å². The maximum Gasteiger partial charge on any atom is 0.252 e. The van der Waals surface area contributed by atoms with E-state index in [1.54, 1.807) is 0 Å². The third-order valence-electron chi connectivity index (χ3n) is 2.29. The van der Waals surface area contributed by atoms with E-state index >= 15 is 0 Å². The van der Waals surface area contributed by atoms with Gasteiger partial charge >= 0.3 is 0 Å². The van der Waals surface area contributed by atoms with E-state index in [1.165, 1.54) is 18.3 Å². The van der Waals surface area contributed by atoms with Gasteiger partial charge in [0.15, 0.2) is 0 Å². The summed E-state index contributed by atoms with van der Waals surface area (Å²) in [5.41, 5.74) is 0.292. The first-order valence-electron chi connectivity index (χ1n) is 5.56. The van der Waals surface area contributed by atoms with Crippen molar-refractivity contribution >= 4 is 5.91 Å². The Morgan fingerprint density at radius 2 is 2.19 bits per heavy atom. The molecule has 1 aromatic rings. The lowest BCUT2D eigenvalue weighted by Gasteiger charge is -2.06. The van der Waals surface area contributed by atoms with Crippen molar-refractivity contribution in [3.05, 3.63) is 34.2 Å². The summed E-state index contributed by atoms with van der Waals surface area (Å²) in [5, 5.41) is 2.81. The molecule has 0 saturated carbocycles. The van der Waals surface area contributed by atoms with Crippen LogP contribution in [0.5, 0.6) is 0 Å². The summed E-state index contributed by atoms with van der Waals surface area (Å²) >= 11 is 0. The van der Waals surface area contributed by atoms with E-state index in [0.717, 1.165) is 12.8 Å². The highest BCUT2D eigenvalue weighted by Crippen LogP contribution is 2.02. The number of pyridine rings is 1. The first kappa shape index (κ1) is 12.5.